The fourth-order valence-electron chi connectivity index (χ4n) is 3.31. The monoisotopic (exact) mass is 344 g/mol. The molecule has 0 bridgehead atoms. The number of aliphatic hydroxyl groups excluding tert-OH is 1. The molecule has 2 amide bonds. The number of anilines is 1. The molecule has 1 aromatic heterocycles. The van der Waals surface area contributed by atoms with Crippen molar-refractivity contribution in [2.24, 2.45) is 0 Å². The summed E-state index contributed by atoms with van der Waals surface area (Å²) in [4.78, 5) is 14.5. The van der Waals surface area contributed by atoms with Crippen molar-refractivity contribution in [3.63, 3.8) is 0 Å². The molecular formula is C19H24N2O4. The Morgan fingerprint density at radius 3 is 3.00 bits per heavy atom. The van der Waals surface area contributed by atoms with Gasteiger partial charge in [-0.3, -0.25) is 0 Å². The van der Waals surface area contributed by atoms with Gasteiger partial charge in [0.15, 0.2) is 0 Å². The summed E-state index contributed by atoms with van der Waals surface area (Å²) in [7, 11) is 1.63. The van der Waals surface area contributed by atoms with Crippen LogP contribution in [0.2, 0.25) is 0 Å². The average Bonchev–Trinajstić information content (AvgIpc) is 3.28. The third-order valence-corrected chi connectivity index (χ3v) is 4.56. The van der Waals surface area contributed by atoms with Gasteiger partial charge in [0.1, 0.15) is 11.9 Å². The standard InChI is InChI=1S/C19H24N2O4/c1-24-13-14-6-2-3-8-16(14)20-19(23)21-10-4-7-15(21)12-17(22)18-9-5-11-25-18/h2-3,5-6,8-9,11,15,17,22H,4,7,10,12-13H2,1H3,(H,20,23). The maximum Gasteiger partial charge on any atom is 0.322 e. The molecule has 2 heterocycles. The zero-order chi connectivity index (χ0) is 17.6. The molecule has 2 aromatic rings. The molecule has 25 heavy (non-hydrogen) atoms. The third kappa shape index (κ3) is 4.21. The lowest BCUT2D eigenvalue weighted by atomic mass is 10.1. The minimum atomic E-state index is -0.700. The Hall–Kier alpha value is -2.31. The Balaban J connectivity index is 1.65. The molecule has 2 unspecified atom stereocenters. The largest absolute Gasteiger partial charge is 0.467 e. The van der Waals surface area contributed by atoms with Gasteiger partial charge in [-0.15, -0.1) is 0 Å². The van der Waals surface area contributed by atoms with Crippen LogP contribution in [-0.4, -0.2) is 35.7 Å². The number of aliphatic hydroxyl groups is 1. The van der Waals surface area contributed by atoms with Crippen molar-refractivity contribution in [2.75, 3.05) is 19.0 Å². The first-order valence-corrected chi connectivity index (χ1v) is 8.55. The SMILES string of the molecule is COCc1ccccc1NC(=O)N1CCCC1CC(O)c1ccco1. The van der Waals surface area contributed by atoms with Crippen molar-refractivity contribution in [3.05, 3.63) is 54.0 Å². The number of hydrogen-bond acceptors (Lipinski definition) is 4. The number of rotatable bonds is 6. The number of nitrogens with one attached hydrogen (secondary N) is 1. The third-order valence-electron chi connectivity index (χ3n) is 4.56. The van der Waals surface area contributed by atoms with Gasteiger partial charge in [-0.2, -0.15) is 0 Å². The minimum Gasteiger partial charge on any atom is -0.467 e. The van der Waals surface area contributed by atoms with E-state index in [1.807, 2.05) is 24.3 Å². The van der Waals surface area contributed by atoms with Crippen LogP contribution in [0.25, 0.3) is 0 Å². The normalized spacial score (nSPS) is 18.3. The first kappa shape index (κ1) is 17.5. The highest BCUT2D eigenvalue weighted by Crippen LogP contribution is 2.28. The first-order valence-electron chi connectivity index (χ1n) is 8.55. The van der Waals surface area contributed by atoms with E-state index in [0.717, 1.165) is 24.1 Å². The van der Waals surface area contributed by atoms with Crippen molar-refractivity contribution in [1.29, 1.82) is 0 Å². The quantitative estimate of drug-likeness (QED) is 0.840. The molecule has 6 heteroatoms. The van der Waals surface area contributed by atoms with E-state index in [1.165, 1.54) is 0 Å². The number of likely N-dealkylation sites (tertiary alicyclic amines) is 1. The van der Waals surface area contributed by atoms with Gasteiger partial charge in [0, 0.05) is 37.4 Å². The Morgan fingerprint density at radius 1 is 1.40 bits per heavy atom. The van der Waals surface area contributed by atoms with Crippen LogP contribution in [0.4, 0.5) is 10.5 Å². The van der Waals surface area contributed by atoms with E-state index < -0.39 is 6.10 Å². The predicted molar refractivity (Wildman–Crippen MR) is 94.2 cm³/mol. The van der Waals surface area contributed by atoms with Crippen LogP contribution in [0.5, 0.6) is 0 Å². The number of carbonyl (C=O) groups is 1. The van der Waals surface area contributed by atoms with Gasteiger partial charge < -0.3 is 24.5 Å². The van der Waals surface area contributed by atoms with E-state index in [0.29, 0.717) is 25.3 Å². The van der Waals surface area contributed by atoms with Crippen molar-refractivity contribution >= 4 is 11.7 Å². The number of amides is 2. The van der Waals surface area contributed by atoms with Gasteiger partial charge in [-0.1, -0.05) is 18.2 Å². The van der Waals surface area contributed by atoms with E-state index in [9.17, 15) is 9.90 Å². The van der Waals surface area contributed by atoms with E-state index in [2.05, 4.69) is 5.32 Å². The molecule has 1 fully saturated rings. The fraction of sp³-hybridized carbons (Fsp3) is 0.421. The lowest BCUT2D eigenvalue weighted by Crippen LogP contribution is -2.39. The topological polar surface area (TPSA) is 74.9 Å². The molecule has 1 aliphatic rings. The number of methoxy groups -OCH3 is 1. The summed E-state index contributed by atoms with van der Waals surface area (Å²) in [5.41, 5.74) is 1.69. The number of carbonyl (C=O) groups excluding carboxylic acids is 1. The van der Waals surface area contributed by atoms with Crippen molar-refractivity contribution in [1.82, 2.24) is 4.90 Å². The highest BCUT2D eigenvalue weighted by atomic mass is 16.5. The number of para-hydroxylation sites is 1. The molecule has 134 valence electrons. The Kier molecular flexibility index (Phi) is 5.73. The van der Waals surface area contributed by atoms with E-state index in [1.54, 1.807) is 30.4 Å². The van der Waals surface area contributed by atoms with Crippen LogP contribution in [0, 0.1) is 0 Å². The Morgan fingerprint density at radius 2 is 2.24 bits per heavy atom. The Bertz CT molecular complexity index is 686. The smallest absolute Gasteiger partial charge is 0.322 e. The van der Waals surface area contributed by atoms with Gasteiger partial charge in [0.05, 0.1) is 12.9 Å². The van der Waals surface area contributed by atoms with Gasteiger partial charge in [-0.25, -0.2) is 4.79 Å². The predicted octanol–water partition coefficient (Wildman–Crippen LogP) is 3.55. The number of furan rings is 1. The summed E-state index contributed by atoms with van der Waals surface area (Å²) in [6.07, 6.45) is 3.13. The molecule has 0 saturated carbocycles. The molecule has 0 aliphatic carbocycles. The number of ether oxygens (including phenoxy) is 1. The van der Waals surface area contributed by atoms with Gasteiger partial charge in [-0.05, 0) is 31.0 Å². The number of nitrogens with zero attached hydrogens (tertiary/aromatic N) is 1. The highest BCUT2D eigenvalue weighted by Gasteiger charge is 2.31. The van der Waals surface area contributed by atoms with E-state index in [-0.39, 0.29) is 12.1 Å². The second-order valence-corrected chi connectivity index (χ2v) is 6.28. The van der Waals surface area contributed by atoms with E-state index >= 15 is 0 Å². The van der Waals surface area contributed by atoms with Crippen LogP contribution in [0.15, 0.2) is 47.1 Å². The summed E-state index contributed by atoms with van der Waals surface area (Å²) < 4.78 is 10.4. The zero-order valence-corrected chi connectivity index (χ0v) is 14.4. The highest BCUT2D eigenvalue weighted by molar-refractivity contribution is 5.90. The molecule has 0 spiro atoms. The summed E-state index contributed by atoms with van der Waals surface area (Å²) >= 11 is 0. The van der Waals surface area contributed by atoms with Crippen molar-refractivity contribution < 1.29 is 19.1 Å². The van der Waals surface area contributed by atoms with Crippen molar-refractivity contribution in [3.8, 4) is 0 Å². The van der Waals surface area contributed by atoms with Gasteiger partial charge in [0.25, 0.3) is 0 Å². The molecule has 1 aliphatic heterocycles. The van der Waals surface area contributed by atoms with Crippen molar-refractivity contribution in [2.45, 2.75) is 38.0 Å². The average molecular weight is 344 g/mol. The van der Waals surface area contributed by atoms with Gasteiger partial charge >= 0.3 is 6.03 Å². The lowest BCUT2D eigenvalue weighted by molar-refractivity contribution is 0.110. The zero-order valence-electron chi connectivity index (χ0n) is 14.4. The second-order valence-electron chi connectivity index (χ2n) is 6.28. The molecule has 2 N–H and O–H groups in total. The van der Waals surface area contributed by atoms with Crippen LogP contribution in [0.3, 0.4) is 0 Å². The molecule has 1 aromatic carbocycles. The van der Waals surface area contributed by atoms with Crippen LogP contribution in [-0.2, 0) is 11.3 Å². The van der Waals surface area contributed by atoms with Gasteiger partial charge in [0.2, 0.25) is 0 Å². The minimum absolute atomic E-state index is 0.00492. The first-order chi connectivity index (χ1) is 12.2. The fourth-order valence-corrected chi connectivity index (χ4v) is 3.31. The maximum absolute atomic E-state index is 12.7. The second kappa shape index (κ2) is 8.18. The molecule has 6 nitrogen and oxygen atoms in total. The lowest BCUT2D eigenvalue weighted by Gasteiger charge is -2.26. The van der Waals surface area contributed by atoms with Crippen LogP contribution < -0.4 is 5.32 Å². The maximum atomic E-state index is 12.7. The number of hydrogen-bond donors (Lipinski definition) is 2. The molecule has 2 atom stereocenters. The summed E-state index contributed by atoms with van der Waals surface area (Å²) in [6.45, 7) is 1.13. The molecule has 1 saturated heterocycles. The molecule has 0 radical (unpaired) electrons. The Labute approximate surface area is 147 Å². The van der Waals surface area contributed by atoms with Crippen LogP contribution >= 0.6 is 0 Å². The van der Waals surface area contributed by atoms with Crippen LogP contribution in [0.1, 0.15) is 36.7 Å². The number of urea groups is 1. The molecule has 3 rings (SSSR count). The van der Waals surface area contributed by atoms with E-state index in [4.69, 9.17) is 9.15 Å². The molecular weight excluding hydrogens is 320 g/mol. The summed E-state index contributed by atoms with van der Waals surface area (Å²) in [5.74, 6) is 0.540. The number of benzene rings is 1. The summed E-state index contributed by atoms with van der Waals surface area (Å²) in [6, 6.07) is 11.0. The summed E-state index contributed by atoms with van der Waals surface area (Å²) in [5, 5.41) is 13.3.